The Kier molecular flexibility index (Phi) is 5.05. The summed E-state index contributed by atoms with van der Waals surface area (Å²) in [5.41, 5.74) is 1.54. The van der Waals surface area contributed by atoms with Crippen molar-refractivity contribution >= 4 is 28.5 Å². The van der Waals surface area contributed by atoms with Gasteiger partial charge >= 0.3 is 0 Å². The molecule has 0 spiro atoms. The zero-order valence-corrected chi connectivity index (χ0v) is 11.8. The van der Waals surface area contributed by atoms with Gasteiger partial charge in [0.25, 0.3) is 0 Å². The lowest BCUT2D eigenvalue weighted by atomic mass is 10.1. The van der Waals surface area contributed by atoms with E-state index in [1.807, 2.05) is 42.1 Å². The van der Waals surface area contributed by atoms with Crippen LogP contribution in [0.25, 0.3) is 10.9 Å². The van der Waals surface area contributed by atoms with Crippen molar-refractivity contribution in [3.05, 3.63) is 35.9 Å². The quantitative estimate of drug-likeness (QED) is 0.815. The maximum atomic E-state index is 9.19. The van der Waals surface area contributed by atoms with Gasteiger partial charge in [0, 0.05) is 11.9 Å². The van der Waals surface area contributed by atoms with E-state index < -0.39 is 0 Å². The number of para-hydroxylation sites is 1. The molecule has 0 saturated heterocycles. The number of nitrogens with one attached hydrogen (secondary N) is 1. The van der Waals surface area contributed by atoms with E-state index in [-0.39, 0.29) is 0 Å². The molecule has 4 heteroatoms. The summed E-state index contributed by atoms with van der Waals surface area (Å²) < 4.78 is 0. The third-order valence-electron chi connectivity index (χ3n) is 2.91. The van der Waals surface area contributed by atoms with Crippen LogP contribution in [0.5, 0.6) is 0 Å². The van der Waals surface area contributed by atoms with E-state index in [9.17, 15) is 5.26 Å². The van der Waals surface area contributed by atoms with E-state index in [1.54, 1.807) is 0 Å². The predicted molar refractivity (Wildman–Crippen MR) is 82.6 cm³/mol. The van der Waals surface area contributed by atoms with Crippen LogP contribution in [0.1, 0.15) is 18.4 Å². The molecule has 0 fully saturated rings. The van der Waals surface area contributed by atoms with Crippen molar-refractivity contribution in [1.29, 1.82) is 5.26 Å². The van der Waals surface area contributed by atoms with Gasteiger partial charge in [-0.2, -0.15) is 17.0 Å². The summed E-state index contributed by atoms with van der Waals surface area (Å²) in [7, 11) is 0. The standard InChI is InChI=1S/C15H17N3S/c1-19-9-5-4-8-17-15-13(11-16)10-12-6-2-3-7-14(12)18-15/h2-3,6-7,10H,4-5,8-9H2,1H3,(H,17,18). The van der Waals surface area contributed by atoms with Gasteiger partial charge in [-0.15, -0.1) is 0 Å². The van der Waals surface area contributed by atoms with Gasteiger partial charge in [0.2, 0.25) is 0 Å². The average molecular weight is 271 g/mol. The van der Waals surface area contributed by atoms with Crippen molar-refractivity contribution in [1.82, 2.24) is 4.98 Å². The highest BCUT2D eigenvalue weighted by molar-refractivity contribution is 7.98. The first-order valence-electron chi connectivity index (χ1n) is 6.38. The number of unbranched alkanes of at least 4 members (excludes halogenated alkanes) is 1. The first-order valence-corrected chi connectivity index (χ1v) is 7.77. The third kappa shape index (κ3) is 3.62. The Morgan fingerprint density at radius 2 is 2.16 bits per heavy atom. The van der Waals surface area contributed by atoms with Gasteiger partial charge in [-0.1, -0.05) is 18.2 Å². The van der Waals surface area contributed by atoms with Gasteiger partial charge in [0.15, 0.2) is 0 Å². The van der Waals surface area contributed by atoms with E-state index in [4.69, 9.17) is 0 Å². The maximum Gasteiger partial charge on any atom is 0.144 e. The number of thioether (sulfide) groups is 1. The highest BCUT2D eigenvalue weighted by atomic mass is 32.2. The molecule has 19 heavy (non-hydrogen) atoms. The Labute approximate surface area is 118 Å². The largest absolute Gasteiger partial charge is 0.369 e. The molecule has 98 valence electrons. The number of hydrogen-bond donors (Lipinski definition) is 1. The SMILES string of the molecule is CSCCCCNc1nc2ccccc2cc1C#N. The molecule has 1 aromatic heterocycles. The lowest BCUT2D eigenvalue weighted by Crippen LogP contribution is -2.05. The first-order chi connectivity index (χ1) is 9.35. The van der Waals surface area contributed by atoms with Gasteiger partial charge in [-0.25, -0.2) is 4.98 Å². The highest BCUT2D eigenvalue weighted by Gasteiger charge is 2.05. The van der Waals surface area contributed by atoms with Crippen molar-refractivity contribution in [2.24, 2.45) is 0 Å². The van der Waals surface area contributed by atoms with Crippen LogP contribution in [0.3, 0.4) is 0 Å². The molecule has 0 atom stereocenters. The Morgan fingerprint density at radius 1 is 1.32 bits per heavy atom. The summed E-state index contributed by atoms with van der Waals surface area (Å²) in [6.45, 7) is 0.862. The highest BCUT2D eigenvalue weighted by Crippen LogP contribution is 2.19. The fourth-order valence-electron chi connectivity index (χ4n) is 1.91. The molecule has 0 aliphatic rings. The van der Waals surface area contributed by atoms with E-state index >= 15 is 0 Å². The molecule has 0 bridgehead atoms. The van der Waals surface area contributed by atoms with Gasteiger partial charge in [-0.05, 0) is 37.0 Å². The van der Waals surface area contributed by atoms with Crippen molar-refractivity contribution in [3.8, 4) is 6.07 Å². The van der Waals surface area contributed by atoms with Crippen LogP contribution in [0.4, 0.5) is 5.82 Å². The summed E-state index contributed by atoms with van der Waals surface area (Å²) in [6.07, 6.45) is 4.40. The summed E-state index contributed by atoms with van der Waals surface area (Å²) in [5.74, 6) is 1.88. The van der Waals surface area contributed by atoms with Gasteiger partial charge < -0.3 is 5.32 Å². The Hall–Kier alpha value is -1.73. The number of pyridine rings is 1. The molecule has 0 radical (unpaired) electrons. The predicted octanol–water partition coefficient (Wildman–Crippen LogP) is 3.66. The fraction of sp³-hybridized carbons (Fsp3) is 0.333. The number of aromatic nitrogens is 1. The smallest absolute Gasteiger partial charge is 0.144 e. The van der Waals surface area contributed by atoms with E-state index in [1.165, 1.54) is 12.2 Å². The Balaban J connectivity index is 2.10. The number of benzene rings is 1. The topological polar surface area (TPSA) is 48.7 Å². The summed E-state index contributed by atoms with van der Waals surface area (Å²) in [4.78, 5) is 4.52. The minimum atomic E-state index is 0.614. The summed E-state index contributed by atoms with van der Waals surface area (Å²) in [6, 6.07) is 12.0. The van der Waals surface area contributed by atoms with Crippen LogP contribution in [0.2, 0.25) is 0 Å². The van der Waals surface area contributed by atoms with Crippen LogP contribution in [0, 0.1) is 11.3 Å². The molecule has 0 aliphatic carbocycles. The second-order valence-electron chi connectivity index (χ2n) is 4.32. The third-order valence-corrected chi connectivity index (χ3v) is 3.61. The summed E-state index contributed by atoms with van der Waals surface area (Å²) in [5, 5.41) is 13.5. The minimum Gasteiger partial charge on any atom is -0.369 e. The molecule has 2 rings (SSSR count). The molecule has 0 unspecified atom stereocenters. The molecule has 0 aliphatic heterocycles. The number of nitrogens with zero attached hydrogens (tertiary/aromatic N) is 2. The van der Waals surface area contributed by atoms with Crippen molar-refractivity contribution in [2.75, 3.05) is 23.9 Å². The number of nitriles is 1. The molecule has 1 aromatic carbocycles. The maximum absolute atomic E-state index is 9.19. The molecule has 0 amide bonds. The number of rotatable bonds is 6. The zero-order valence-electron chi connectivity index (χ0n) is 11.0. The van der Waals surface area contributed by atoms with Crippen LogP contribution >= 0.6 is 11.8 Å². The van der Waals surface area contributed by atoms with Crippen molar-refractivity contribution < 1.29 is 0 Å². The summed E-state index contributed by atoms with van der Waals surface area (Å²) >= 11 is 1.86. The normalized spacial score (nSPS) is 10.3. The van der Waals surface area contributed by atoms with Gasteiger partial charge in [0.1, 0.15) is 11.9 Å². The van der Waals surface area contributed by atoms with Crippen molar-refractivity contribution in [2.45, 2.75) is 12.8 Å². The van der Waals surface area contributed by atoms with E-state index in [0.717, 1.165) is 23.9 Å². The molecule has 0 saturated carbocycles. The zero-order chi connectivity index (χ0) is 13.5. The first kappa shape index (κ1) is 13.7. The van der Waals surface area contributed by atoms with Gasteiger partial charge in [-0.3, -0.25) is 0 Å². The molecular weight excluding hydrogens is 254 g/mol. The van der Waals surface area contributed by atoms with E-state index in [0.29, 0.717) is 11.4 Å². The van der Waals surface area contributed by atoms with Crippen LogP contribution < -0.4 is 5.32 Å². The molecule has 1 N–H and O–H groups in total. The average Bonchev–Trinajstić information content (AvgIpc) is 2.46. The Morgan fingerprint density at radius 3 is 2.95 bits per heavy atom. The molecule has 3 nitrogen and oxygen atoms in total. The second kappa shape index (κ2) is 7.01. The Bertz CT molecular complexity index is 589. The monoisotopic (exact) mass is 271 g/mol. The fourth-order valence-corrected chi connectivity index (χ4v) is 2.41. The lowest BCUT2D eigenvalue weighted by Gasteiger charge is -2.08. The number of fused-ring (bicyclic) bond motifs is 1. The van der Waals surface area contributed by atoms with Gasteiger partial charge in [0.05, 0.1) is 11.1 Å². The molecular formula is C15H17N3S. The second-order valence-corrected chi connectivity index (χ2v) is 5.30. The molecule has 1 heterocycles. The minimum absolute atomic E-state index is 0.614. The number of hydrogen-bond acceptors (Lipinski definition) is 4. The van der Waals surface area contributed by atoms with Crippen LogP contribution in [-0.2, 0) is 0 Å². The van der Waals surface area contributed by atoms with Crippen LogP contribution in [0.15, 0.2) is 30.3 Å². The lowest BCUT2D eigenvalue weighted by molar-refractivity contribution is 0.840. The van der Waals surface area contributed by atoms with Crippen molar-refractivity contribution in [3.63, 3.8) is 0 Å². The van der Waals surface area contributed by atoms with Crippen LogP contribution in [-0.4, -0.2) is 23.5 Å². The number of anilines is 1. The van der Waals surface area contributed by atoms with E-state index in [2.05, 4.69) is 22.6 Å². The molecule has 2 aromatic rings.